The summed E-state index contributed by atoms with van der Waals surface area (Å²) >= 11 is 7.66. The van der Waals surface area contributed by atoms with Crippen LogP contribution < -0.4 is 15.5 Å². The topological polar surface area (TPSA) is 53.1 Å². The highest BCUT2D eigenvalue weighted by atomic mass is 35.5. The molecule has 0 saturated heterocycles. The number of benzene rings is 1. The van der Waals surface area contributed by atoms with Crippen LogP contribution in [0.25, 0.3) is 10.9 Å². The summed E-state index contributed by atoms with van der Waals surface area (Å²) in [7, 11) is 4.06. The molecule has 5 nitrogen and oxygen atoms in total. The largest absolute Gasteiger partial charge is 0.362 e. The summed E-state index contributed by atoms with van der Waals surface area (Å²) in [5.41, 5.74) is 0.986. The second-order valence-corrected chi connectivity index (χ2v) is 9.78. The van der Waals surface area contributed by atoms with Crippen LogP contribution in [0, 0.1) is 5.92 Å². The fraction of sp³-hybridized carbons (Fsp3) is 0.455. The lowest BCUT2D eigenvalue weighted by Crippen LogP contribution is -2.31. The van der Waals surface area contributed by atoms with Gasteiger partial charge in [0.15, 0.2) is 0 Å². The SMILES string of the molecule is CN(C)c1nc(N[C@H]2CC[C@@H](CNCc3ccc(Cl)s3)CC2)nc2ccccc12. The van der Waals surface area contributed by atoms with E-state index in [0.717, 1.165) is 58.9 Å². The minimum absolute atomic E-state index is 0.443. The number of halogens is 1. The summed E-state index contributed by atoms with van der Waals surface area (Å²) in [4.78, 5) is 12.9. The molecule has 1 saturated carbocycles. The van der Waals surface area contributed by atoms with Gasteiger partial charge >= 0.3 is 0 Å². The molecule has 2 heterocycles. The van der Waals surface area contributed by atoms with Gasteiger partial charge in [-0.15, -0.1) is 11.3 Å². The highest BCUT2D eigenvalue weighted by Crippen LogP contribution is 2.28. The second kappa shape index (κ2) is 9.28. The number of fused-ring (bicyclic) bond motifs is 1. The Labute approximate surface area is 181 Å². The number of nitrogens with one attached hydrogen (secondary N) is 2. The third kappa shape index (κ3) is 5.18. The highest BCUT2D eigenvalue weighted by Gasteiger charge is 2.22. The molecular weight excluding hydrogens is 402 g/mol. The normalized spacial score (nSPS) is 19.4. The van der Waals surface area contributed by atoms with Crippen LogP contribution in [-0.4, -0.2) is 36.6 Å². The van der Waals surface area contributed by atoms with Crippen molar-refractivity contribution < 1.29 is 0 Å². The van der Waals surface area contributed by atoms with E-state index in [2.05, 4.69) is 33.7 Å². The smallest absolute Gasteiger partial charge is 0.225 e. The Bertz CT molecular complexity index is 949. The summed E-state index contributed by atoms with van der Waals surface area (Å²) in [6, 6.07) is 12.7. The van der Waals surface area contributed by atoms with E-state index in [1.807, 2.05) is 32.3 Å². The van der Waals surface area contributed by atoms with Crippen LogP contribution in [0.3, 0.4) is 0 Å². The molecule has 29 heavy (non-hydrogen) atoms. The number of aromatic nitrogens is 2. The Morgan fingerprint density at radius 3 is 2.59 bits per heavy atom. The van der Waals surface area contributed by atoms with Crippen molar-refractivity contribution in [2.24, 2.45) is 5.92 Å². The molecule has 0 spiro atoms. The molecule has 0 atom stereocenters. The van der Waals surface area contributed by atoms with Crippen molar-refractivity contribution in [1.29, 1.82) is 0 Å². The molecule has 2 N–H and O–H groups in total. The molecule has 0 bridgehead atoms. The average molecular weight is 430 g/mol. The van der Waals surface area contributed by atoms with Gasteiger partial charge in [-0.1, -0.05) is 23.7 Å². The lowest BCUT2D eigenvalue weighted by atomic mass is 9.86. The molecule has 0 aliphatic heterocycles. The van der Waals surface area contributed by atoms with E-state index in [0.29, 0.717) is 6.04 Å². The predicted octanol–water partition coefficient (Wildman–Crippen LogP) is 5.17. The summed E-state index contributed by atoms with van der Waals surface area (Å²) < 4.78 is 0.863. The molecule has 4 rings (SSSR count). The van der Waals surface area contributed by atoms with Gasteiger partial charge < -0.3 is 15.5 Å². The van der Waals surface area contributed by atoms with Gasteiger partial charge in [0.2, 0.25) is 5.95 Å². The van der Waals surface area contributed by atoms with E-state index >= 15 is 0 Å². The molecule has 7 heteroatoms. The maximum Gasteiger partial charge on any atom is 0.225 e. The fourth-order valence-corrected chi connectivity index (χ4v) is 5.06. The van der Waals surface area contributed by atoms with E-state index in [1.165, 1.54) is 17.7 Å². The summed E-state index contributed by atoms with van der Waals surface area (Å²) in [5.74, 6) is 2.44. The van der Waals surface area contributed by atoms with Gasteiger partial charge in [0, 0.05) is 36.9 Å². The zero-order valence-electron chi connectivity index (χ0n) is 17.0. The van der Waals surface area contributed by atoms with Crippen molar-refractivity contribution in [2.45, 2.75) is 38.3 Å². The Balaban J connectivity index is 1.30. The average Bonchev–Trinajstić information content (AvgIpc) is 3.13. The zero-order chi connectivity index (χ0) is 20.2. The van der Waals surface area contributed by atoms with Crippen LogP contribution in [0.15, 0.2) is 36.4 Å². The van der Waals surface area contributed by atoms with Crippen molar-refractivity contribution in [2.75, 3.05) is 30.9 Å². The number of nitrogens with zero attached hydrogens (tertiary/aromatic N) is 3. The van der Waals surface area contributed by atoms with Crippen LogP contribution in [0.5, 0.6) is 0 Å². The van der Waals surface area contributed by atoms with Crippen LogP contribution in [-0.2, 0) is 6.54 Å². The van der Waals surface area contributed by atoms with Crippen LogP contribution in [0.4, 0.5) is 11.8 Å². The molecule has 0 unspecified atom stereocenters. The van der Waals surface area contributed by atoms with Gasteiger partial charge in [-0.05, 0) is 62.4 Å². The van der Waals surface area contributed by atoms with Crippen LogP contribution in [0.2, 0.25) is 4.34 Å². The minimum Gasteiger partial charge on any atom is -0.362 e. The Morgan fingerprint density at radius 1 is 1.07 bits per heavy atom. The molecule has 0 radical (unpaired) electrons. The summed E-state index contributed by atoms with van der Waals surface area (Å²) in [5, 5.41) is 8.27. The molecule has 3 aromatic rings. The summed E-state index contributed by atoms with van der Waals surface area (Å²) in [6.45, 7) is 1.98. The lowest BCUT2D eigenvalue weighted by molar-refractivity contribution is 0.324. The van der Waals surface area contributed by atoms with Gasteiger partial charge in [0.05, 0.1) is 9.85 Å². The first-order chi connectivity index (χ1) is 14.1. The standard InChI is InChI=1S/C22H28ClN5S/c1-28(2)21-18-5-3-4-6-19(18)26-22(27-21)25-16-9-7-15(8-10-16)13-24-14-17-11-12-20(23)29-17/h3-6,11-12,15-16,24H,7-10,13-14H2,1-2H3,(H,25,26,27)/t15-,16+. The van der Waals surface area contributed by atoms with Crippen molar-refractivity contribution >= 4 is 45.6 Å². The highest BCUT2D eigenvalue weighted by molar-refractivity contribution is 7.16. The van der Waals surface area contributed by atoms with Crippen molar-refractivity contribution in [3.63, 3.8) is 0 Å². The van der Waals surface area contributed by atoms with E-state index in [-0.39, 0.29) is 0 Å². The van der Waals surface area contributed by atoms with E-state index in [1.54, 1.807) is 11.3 Å². The summed E-state index contributed by atoms with van der Waals surface area (Å²) in [6.07, 6.45) is 4.77. The van der Waals surface area contributed by atoms with Gasteiger partial charge in [0.1, 0.15) is 5.82 Å². The molecule has 1 aliphatic carbocycles. The number of rotatable bonds is 7. The van der Waals surface area contributed by atoms with Crippen molar-refractivity contribution in [1.82, 2.24) is 15.3 Å². The van der Waals surface area contributed by atoms with Crippen LogP contribution in [0.1, 0.15) is 30.6 Å². The second-order valence-electron chi connectivity index (χ2n) is 7.98. The van der Waals surface area contributed by atoms with Crippen LogP contribution >= 0.6 is 22.9 Å². The molecule has 1 aromatic carbocycles. The molecule has 1 fully saturated rings. The fourth-order valence-electron chi connectivity index (χ4n) is 4.01. The van der Waals surface area contributed by atoms with Crippen molar-refractivity contribution in [3.05, 3.63) is 45.6 Å². The number of thiophene rings is 1. The maximum atomic E-state index is 6.00. The Kier molecular flexibility index (Phi) is 6.53. The predicted molar refractivity (Wildman–Crippen MR) is 124 cm³/mol. The number of anilines is 2. The zero-order valence-corrected chi connectivity index (χ0v) is 18.6. The number of hydrogen-bond acceptors (Lipinski definition) is 6. The van der Waals surface area contributed by atoms with E-state index in [9.17, 15) is 0 Å². The number of para-hydroxylation sites is 1. The Hall–Kier alpha value is -1.89. The van der Waals surface area contributed by atoms with Crippen molar-refractivity contribution in [3.8, 4) is 0 Å². The lowest BCUT2D eigenvalue weighted by Gasteiger charge is -2.29. The van der Waals surface area contributed by atoms with E-state index < -0.39 is 0 Å². The first-order valence-electron chi connectivity index (χ1n) is 10.2. The van der Waals surface area contributed by atoms with E-state index in [4.69, 9.17) is 21.6 Å². The van der Waals surface area contributed by atoms with Gasteiger partial charge in [-0.25, -0.2) is 4.98 Å². The molecule has 154 valence electrons. The monoisotopic (exact) mass is 429 g/mol. The third-order valence-electron chi connectivity index (χ3n) is 5.55. The molecule has 2 aromatic heterocycles. The third-order valence-corrected chi connectivity index (χ3v) is 6.78. The molecular formula is C22H28ClN5S. The first kappa shape index (κ1) is 20.4. The van der Waals surface area contributed by atoms with Gasteiger partial charge in [-0.2, -0.15) is 4.98 Å². The van der Waals surface area contributed by atoms with Gasteiger partial charge in [-0.3, -0.25) is 0 Å². The molecule has 1 aliphatic rings. The van der Waals surface area contributed by atoms with Gasteiger partial charge in [0.25, 0.3) is 0 Å². The minimum atomic E-state index is 0.443. The maximum absolute atomic E-state index is 6.00. The quantitative estimate of drug-likeness (QED) is 0.542. The molecule has 0 amide bonds. The first-order valence-corrected chi connectivity index (χ1v) is 11.4. The Morgan fingerprint density at radius 2 is 1.86 bits per heavy atom. The number of hydrogen-bond donors (Lipinski definition) is 2.